The summed E-state index contributed by atoms with van der Waals surface area (Å²) in [5.74, 6) is -1.57. The van der Waals surface area contributed by atoms with Gasteiger partial charge in [-0.2, -0.15) is 0 Å². The minimum absolute atomic E-state index is 0.178. The van der Waals surface area contributed by atoms with Gasteiger partial charge < -0.3 is 5.11 Å². The Morgan fingerprint density at radius 1 is 1.25 bits per heavy atom. The van der Waals surface area contributed by atoms with Crippen molar-refractivity contribution in [3.63, 3.8) is 0 Å². The highest BCUT2D eigenvalue weighted by molar-refractivity contribution is 6.23. The number of carboxylic acids is 1. The number of amides is 1. The molecule has 0 aromatic heterocycles. The Morgan fingerprint density at radius 3 is 2.35 bits per heavy atom. The summed E-state index contributed by atoms with van der Waals surface area (Å²) >= 11 is 0. The lowest BCUT2D eigenvalue weighted by Crippen LogP contribution is -2.52. The molecule has 0 aliphatic heterocycles. The van der Waals surface area contributed by atoms with Gasteiger partial charge in [0.05, 0.1) is 0 Å². The summed E-state index contributed by atoms with van der Waals surface area (Å²) in [6, 6.07) is -0.856. The van der Waals surface area contributed by atoms with Gasteiger partial charge in [-0.3, -0.25) is 19.4 Å². The van der Waals surface area contributed by atoms with E-state index in [-0.39, 0.29) is 12.2 Å². The SMILES string of the molecule is CCCCCCN(N[C@@H](CC(C)C)C(=O)O)C(=O)C=O. The molecule has 2 N–H and O–H groups in total. The van der Waals surface area contributed by atoms with Gasteiger partial charge in [-0.15, -0.1) is 0 Å². The summed E-state index contributed by atoms with van der Waals surface area (Å²) in [5.41, 5.74) is 2.67. The molecule has 0 aliphatic rings. The zero-order valence-corrected chi connectivity index (χ0v) is 12.6. The second-order valence-corrected chi connectivity index (χ2v) is 5.32. The van der Waals surface area contributed by atoms with Crippen molar-refractivity contribution in [1.29, 1.82) is 0 Å². The number of nitrogens with one attached hydrogen (secondary N) is 1. The lowest BCUT2D eigenvalue weighted by atomic mass is 10.0. The van der Waals surface area contributed by atoms with Crippen LogP contribution in [0.2, 0.25) is 0 Å². The molecule has 0 rings (SSSR count). The number of carboxylic acid groups (broad SMARTS) is 1. The fourth-order valence-corrected chi connectivity index (χ4v) is 1.87. The van der Waals surface area contributed by atoms with E-state index in [2.05, 4.69) is 12.3 Å². The van der Waals surface area contributed by atoms with Crippen LogP contribution in [0.25, 0.3) is 0 Å². The molecule has 0 aromatic rings. The zero-order valence-electron chi connectivity index (χ0n) is 12.6. The van der Waals surface area contributed by atoms with Crippen LogP contribution in [0.1, 0.15) is 52.9 Å². The number of hydrogen-bond donors (Lipinski definition) is 2. The third kappa shape index (κ3) is 7.89. The molecular weight excluding hydrogens is 260 g/mol. The summed E-state index contributed by atoms with van der Waals surface area (Å²) in [4.78, 5) is 33.3. The molecule has 0 fully saturated rings. The average Bonchev–Trinajstić information content (AvgIpc) is 2.39. The number of carbonyl (C=O) groups is 3. The van der Waals surface area contributed by atoms with Crippen LogP contribution in [0.4, 0.5) is 0 Å². The topological polar surface area (TPSA) is 86.7 Å². The van der Waals surface area contributed by atoms with E-state index in [1.807, 2.05) is 13.8 Å². The minimum Gasteiger partial charge on any atom is -0.480 e. The Bertz CT molecular complexity index is 318. The van der Waals surface area contributed by atoms with Crippen LogP contribution in [-0.2, 0) is 14.4 Å². The van der Waals surface area contributed by atoms with Crippen LogP contribution in [0, 0.1) is 5.92 Å². The van der Waals surface area contributed by atoms with E-state index in [0.717, 1.165) is 30.7 Å². The second kappa shape index (κ2) is 10.4. The molecule has 6 nitrogen and oxygen atoms in total. The van der Waals surface area contributed by atoms with Crippen molar-refractivity contribution in [2.75, 3.05) is 6.54 Å². The molecule has 20 heavy (non-hydrogen) atoms. The molecule has 0 aromatic carbocycles. The van der Waals surface area contributed by atoms with E-state index >= 15 is 0 Å². The predicted octanol–water partition coefficient (Wildman–Crippen LogP) is 1.60. The normalized spacial score (nSPS) is 12.2. The summed E-state index contributed by atoms with van der Waals surface area (Å²) in [7, 11) is 0. The van der Waals surface area contributed by atoms with Gasteiger partial charge in [-0.05, 0) is 18.8 Å². The van der Waals surface area contributed by atoms with Gasteiger partial charge in [0.25, 0.3) is 0 Å². The summed E-state index contributed by atoms with van der Waals surface area (Å²) in [6.07, 6.45) is 4.42. The Labute approximate surface area is 120 Å². The van der Waals surface area contributed by atoms with Crippen molar-refractivity contribution in [2.45, 2.75) is 58.9 Å². The molecular formula is C14H26N2O4. The van der Waals surface area contributed by atoms with Gasteiger partial charge in [0.15, 0.2) is 0 Å². The number of hydrogen-bond acceptors (Lipinski definition) is 4. The first kappa shape index (κ1) is 18.6. The average molecular weight is 286 g/mol. The number of nitrogens with zero attached hydrogens (tertiary/aromatic N) is 1. The zero-order chi connectivity index (χ0) is 15.5. The summed E-state index contributed by atoms with van der Waals surface area (Å²) in [5, 5.41) is 10.3. The van der Waals surface area contributed by atoms with Crippen molar-refractivity contribution in [1.82, 2.24) is 10.4 Å². The van der Waals surface area contributed by atoms with E-state index in [0.29, 0.717) is 13.0 Å². The van der Waals surface area contributed by atoms with E-state index in [4.69, 9.17) is 5.11 Å². The van der Waals surface area contributed by atoms with Crippen molar-refractivity contribution in [2.24, 2.45) is 5.92 Å². The lowest BCUT2D eigenvalue weighted by molar-refractivity contribution is -0.147. The van der Waals surface area contributed by atoms with Gasteiger partial charge in [-0.25, -0.2) is 5.43 Å². The van der Waals surface area contributed by atoms with Gasteiger partial charge in [-0.1, -0.05) is 40.0 Å². The van der Waals surface area contributed by atoms with Crippen molar-refractivity contribution in [3.05, 3.63) is 0 Å². The van der Waals surface area contributed by atoms with Crippen LogP contribution in [0.5, 0.6) is 0 Å². The monoisotopic (exact) mass is 286 g/mol. The van der Waals surface area contributed by atoms with Crippen LogP contribution in [-0.4, -0.2) is 40.9 Å². The highest BCUT2D eigenvalue weighted by Crippen LogP contribution is 2.07. The molecule has 0 saturated heterocycles. The Balaban J connectivity index is 4.55. The number of aliphatic carboxylic acids is 1. The van der Waals surface area contributed by atoms with Crippen LogP contribution in [0.15, 0.2) is 0 Å². The number of hydrazine groups is 1. The molecule has 0 radical (unpaired) electrons. The third-order valence-electron chi connectivity index (χ3n) is 2.92. The molecule has 0 spiro atoms. The van der Waals surface area contributed by atoms with Crippen LogP contribution < -0.4 is 5.43 Å². The summed E-state index contributed by atoms with van der Waals surface area (Å²) < 4.78 is 0. The number of unbranched alkanes of at least 4 members (excludes halogenated alkanes) is 3. The molecule has 1 amide bonds. The first-order valence-electron chi connectivity index (χ1n) is 7.18. The minimum atomic E-state index is -1.02. The molecule has 1 atom stereocenters. The van der Waals surface area contributed by atoms with Crippen molar-refractivity contribution in [3.8, 4) is 0 Å². The smallest absolute Gasteiger partial charge is 0.322 e. The Morgan fingerprint density at radius 2 is 1.90 bits per heavy atom. The van der Waals surface area contributed by atoms with Crippen LogP contribution >= 0.6 is 0 Å². The van der Waals surface area contributed by atoms with E-state index in [1.54, 1.807) is 0 Å². The molecule has 0 saturated carbocycles. The first-order valence-corrected chi connectivity index (χ1v) is 7.18. The van der Waals surface area contributed by atoms with Gasteiger partial charge in [0, 0.05) is 6.54 Å². The second-order valence-electron chi connectivity index (χ2n) is 5.32. The molecule has 0 aliphatic carbocycles. The van der Waals surface area contributed by atoms with E-state index in [9.17, 15) is 14.4 Å². The maximum Gasteiger partial charge on any atom is 0.322 e. The maximum atomic E-state index is 11.5. The standard InChI is InChI=1S/C14H26N2O4/c1-4-5-6-7-8-16(13(18)10-17)15-12(14(19)20)9-11(2)3/h10-12,15H,4-9H2,1-3H3,(H,19,20)/t12-/m0/s1. The van der Waals surface area contributed by atoms with E-state index in [1.165, 1.54) is 0 Å². The number of aldehydes is 1. The lowest BCUT2D eigenvalue weighted by Gasteiger charge is -2.26. The van der Waals surface area contributed by atoms with E-state index < -0.39 is 17.9 Å². The highest BCUT2D eigenvalue weighted by atomic mass is 16.4. The molecule has 6 heteroatoms. The third-order valence-corrected chi connectivity index (χ3v) is 2.92. The molecule has 0 unspecified atom stereocenters. The largest absolute Gasteiger partial charge is 0.480 e. The number of rotatable bonds is 11. The van der Waals surface area contributed by atoms with Gasteiger partial charge in [0.2, 0.25) is 6.29 Å². The maximum absolute atomic E-state index is 11.5. The highest BCUT2D eigenvalue weighted by Gasteiger charge is 2.23. The quantitative estimate of drug-likeness (QED) is 0.261. The Kier molecular flexibility index (Phi) is 9.63. The first-order chi connectivity index (χ1) is 9.42. The van der Waals surface area contributed by atoms with Crippen molar-refractivity contribution >= 4 is 18.2 Å². The fraction of sp³-hybridized carbons (Fsp3) is 0.786. The van der Waals surface area contributed by atoms with Gasteiger partial charge in [0.1, 0.15) is 6.04 Å². The van der Waals surface area contributed by atoms with Crippen molar-refractivity contribution < 1.29 is 19.5 Å². The fourth-order valence-electron chi connectivity index (χ4n) is 1.87. The number of carbonyl (C=O) groups excluding carboxylic acids is 2. The Hall–Kier alpha value is -1.43. The van der Waals surface area contributed by atoms with Crippen LogP contribution in [0.3, 0.4) is 0 Å². The summed E-state index contributed by atoms with van der Waals surface area (Å²) in [6.45, 7) is 6.24. The predicted molar refractivity (Wildman–Crippen MR) is 75.9 cm³/mol. The molecule has 0 heterocycles. The van der Waals surface area contributed by atoms with Gasteiger partial charge >= 0.3 is 11.9 Å². The molecule has 116 valence electrons. The molecule has 0 bridgehead atoms.